The van der Waals surface area contributed by atoms with Crippen molar-refractivity contribution >= 4 is 17.9 Å². The first-order valence-electron chi connectivity index (χ1n) is 24.1. The second kappa shape index (κ2) is 40.6. The summed E-state index contributed by atoms with van der Waals surface area (Å²) in [4.78, 5) is 37.8. The van der Waals surface area contributed by atoms with Gasteiger partial charge in [0, 0.05) is 19.3 Å². The Morgan fingerprint density at radius 3 is 0.945 bits per heavy atom. The Morgan fingerprint density at radius 2 is 0.636 bits per heavy atom. The first-order valence-corrected chi connectivity index (χ1v) is 24.1. The molecule has 1 unspecified atom stereocenters. The van der Waals surface area contributed by atoms with E-state index in [4.69, 9.17) is 14.2 Å². The van der Waals surface area contributed by atoms with Crippen molar-refractivity contribution in [2.45, 2.75) is 266 Å². The highest BCUT2D eigenvalue weighted by molar-refractivity contribution is 5.71. The molecule has 6 nitrogen and oxygen atoms in total. The Labute approximate surface area is 342 Å². The Kier molecular flexibility index (Phi) is 39.4. The van der Waals surface area contributed by atoms with E-state index in [0.29, 0.717) is 19.3 Å². The van der Waals surface area contributed by atoms with Crippen molar-refractivity contribution in [1.82, 2.24) is 0 Å². The van der Waals surface area contributed by atoms with Crippen LogP contribution in [0, 0.1) is 17.8 Å². The van der Waals surface area contributed by atoms with Crippen molar-refractivity contribution < 1.29 is 28.6 Å². The first-order chi connectivity index (χ1) is 26.6. The van der Waals surface area contributed by atoms with Crippen molar-refractivity contribution in [2.24, 2.45) is 17.8 Å². The highest BCUT2D eigenvalue weighted by Gasteiger charge is 2.19. The maximum atomic E-state index is 12.7. The Bertz CT molecular complexity index is 854. The highest BCUT2D eigenvalue weighted by atomic mass is 16.6. The maximum Gasteiger partial charge on any atom is 0.306 e. The lowest BCUT2D eigenvalue weighted by atomic mass is 9.99. The zero-order chi connectivity index (χ0) is 40.6. The summed E-state index contributed by atoms with van der Waals surface area (Å²) >= 11 is 0. The van der Waals surface area contributed by atoms with E-state index >= 15 is 0 Å². The molecular weight excluding hydrogens is 685 g/mol. The summed E-state index contributed by atoms with van der Waals surface area (Å²) in [6, 6.07) is 0. The molecule has 2 atom stereocenters. The molecule has 0 radical (unpaired) electrons. The van der Waals surface area contributed by atoms with Gasteiger partial charge < -0.3 is 14.2 Å². The van der Waals surface area contributed by atoms with Crippen LogP contribution in [0.25, 0.3) is 0 Å². The number of carbonyl (C=O) groups excluding carboxylic acids is 3. The maximum absolute atomic E-state index is 12.7. The fourth-order valence-corrected chi connectivity index (χ4v) is 7.20. The number of ether oxygens (including phenoxy) is 3. The van der Waals surface area contributed by atoms with Gasteiger partial charge in [-0.15, -0.1) is 0 Å². The molecule has 6 heteroatoms. The number of hydrogen-bond acceptors (Lipinski definition) is 6. The second-order valence-electron chi connectivity index (χ2n) is 17.9. The normalized spacial score (nSPS) is 12.7. The molecule has 0 heterocycles. The molecule has 0 aromatic heterocycles. The summed E-state index contributed by atoms with van der Waals surface area (Å²) < 4.78 is 16.7. The molecule has 55 heavy (non-hydrogen) atoms. The number of esters is 3. The third kappa shape index (κ3) is 41.9. The number of hydrogen-bond donors (Lipinski definition) is 0. The zero-order valence-electron chi connectivity index (χ0n) is 37.7. The van der Waals surface area contributed by atoms with Gasteiger partial charge in [0.15, 0.2) is 6.10 Å². The lowest BCUT2D eigenvalue weighted by Crippen LogP contribution is -2.30. The molecule has 0 aliphatic carbocycles. The molecule has 0 aliphatic rings. The molecule has 0 N–H and O–H groups in total. The summed E-state index contributed by atoms with van der Waals surface area (Å²) in [6.07, 6.45) is 38.0. The van der Waals surface area contributed by atoms with E-state index in [1.54, 1.807) is 0 Å². The van der Waals surface area contributed by atoms with Crippen molar-refractivity contribution in [2.75, 3.05) is 13.2 Å². The summed E-state index contributed by atoms with van der Waals surface area (Å²) in [5.74, 6) is 1.61. The molecule has 0 bridgehead atoms. The van der Waals surface area contributed by atoms with E-state index in [1.807, 2.05) is 0 Å². The smallest absolute Gasteiger partial charge is 0.306 e. The number of carbonyl (C=O) groups is 3. The van der Waals surface area contributed by atoms with Gasteiger partial charge in [-0.05, 0) is 37.0 Å². The third-order valence-corrected chi connectivity index (χ3v) is 11.3. The largest absolute Gasteiger partial charge is 0.462 e. The minimum atomic E-state index is -0.762. The number of rotatable bonds is 42. The third-order valence-electron chi connectivity index (χ3n) is 11.3. The van der Waals surface area contributed by atoms with Crippen LogP contribution in [0.4, 0.5) is 0 Å². The van der Waals surface area contributed by atoms with E-state index < -0.39 is 6.10 Å². The molecule has 0 rings (SSSR count). The average molecular weight is 779 g/mol. The standard InChI is InChI=1S/C49H94O6/c1-7-45(6)37-31-25-19-13-9-11-15-21-28-34-40-49(52)55-46(42-54-48(51)39-33-27-22-16-18-24-30-36-44(4)5)41-53-47(50)38-32-26-20-14-10-8-12-17-23-29-35-43(2)3/h43-46H,7-42H2,1-6H3/t45?,46-/m0/s1. The van der Waals surface area contributed by atoms with Gasteiger partial charge in [-0.25, -0.2) is 0 Å². The molecule has 0 aromatic rings. The summed E-state index contributed by atoms with van der Waals surface area (Å²) in [7, 11) is 0. The van der Waals surface area contributed by atoms with Crippen LogP contribution in [0.5, 0.6) is 0 Å². The van der Waals surface area contributed by atoms with Gasteiger partial charge >= 0.3 is 17.9 Å². The van der Waals surface area contributed by atoms with Gasteiger partial charge in [0.05, 0.1) is 0 Å². The monoisotopic (exact) mass is 779 g/mol. The highest BCUT2D eigenvalue weighted by Crippen LogP contribution is 2.17. The lowest BCUT2D eigenvalue weighted by molar-refractivity contribution is -0.167. The van der Waals surface area contributed by atoms with Crippen LogP contribution in [0.15, 0.2) is 0 Å². The molecule has 0 aromatic carbocycles. The minimum absolute atomic E-state index is 0.0660. The molecular formula is C49H94O6. The summed E-state index contributed by atoms with van der Waals surface area (Å²) in [5.41, 5.74) is 0. The predicted molar refractivity (Wildman–Crippen MR) is 233 cm³/mol. The Morgan fingerprint density at radius 1 is 0.364 bits per heavy atom. The van der Waals surface area contributed by atoms with Crippen molar-refractivity contribution in [3.63, 3.8) is 0 Å². The fraction of sp³-hybridized carbons (Fsp3) is 0.939. The van der Waals surface area contributed by atoms with Gasteiger partial charge in [0.25, 0.3) is 0 Å². The average Bonchev–Trinajstić information content (AvgIpc) is 3.15. The fourth-order valence-electron chi connectivity index (χ4n) is 7.20. The minimum Gasteiger partial charge on any atom is -0.462 e. The van der Waals surface area contributed by atoms with Crippen LogP contribution in [0.1, 0.15) is 260 Å². The summed E-state index contributed by atoms with van der Waals surface area (Å²) in [5, 5.41) is 0. The second-order valence-corrected chi connectivity index (χ2v) is 17.9. The van der Waals surface area contributed by atoms with Gasteiger partial charge in [-0.1, -0.05) is 221 Å². The lowest BCUT2D eigenvalue weighted by Gasteiger charge is -2.18. The van der Waals surface area contributed by atoms with E-state index in [9.17, 15) is 14.4 Å². The quantitative estimate of drug-likeness (QED) is 0.0349. The summed E-state index contributed by atoms with van der Waals surface area (Å²) in [6.45, 7) is 13.7. The SMILES string of the molecule is CCC(C)CCCCCCCCCCCCC(=O)O[C@@H](COC(=O)CCCCCCCCCCCCC(C)C)COC(=O)CCCCCCCCCC(C)C. The van der Waals surface area contributed by atoms with Gasteiger partial charge in [0.1, 0.15) is 13.2 Å². The molecule has 0 spiro atoms. The van der Waals surface area contributed by atoms with E-state index in [0.717, 1.165) is 75.5 Å². The Balaban J connectivity index is 4.34. The zero-order valence-corrected chi connectivity index (χ0v) is 37.7. The van der Waals surface area contributed by atoms with Gasteiger partial charge in [0.2, 0.25) is 0 Å². The Hall–Kier alpha value is -1.59. The van der Waals surface area contributed by atoms with E-state index in [-0.39, 0.29) is 31.1 Å². The van der Waals surface area contributed by atoms with Crippen molar-refractivity contribution in [1.29, 1.82) is 0 Å². The van der Waals surface area contributed by atoms with Gasteiger partial charge in [-0.2, -0.15) is 0 Å². The van der Waals surface area contributed by atoms with Crippen LogP contribution < -0.4 is 0 Å². The van der Waals surface area contributed by atoms with Crippen molar-refractivity contribution in [3.8, 4) is 0 Å². The number of unbranched alkanes of at least 4 members (excludes halogenated alkanes) is 24. The van der Waals surface area contributed by atoms with Crippen molar-refractivity contribution in [3.05, 3.63) is 0 Å². The van der Waals surface area contributed by atoms with E-state index in [2.05, 4.69) is 41.5 Å². The molecule has 0 aliphatic heterocycles. The predicted octanol–water partition coefficient (Wildman–Crippen LogP) is 15.2. The van der Waals surface area contributed by atoms with Crippen LogP contribution in [-0.4, -0.2) is 37.2 Å². The van der Waals surface area contributed by atoms with Crippen LogP contribution in [0.2, 0.25) is 0 Å². The molecule has 0 saturated carbocycles. The topological polar surface area (TPSA) is 78.9 Å². The molecule has 326 valence electrons. The van der Waals surface area contributed by atoms with Crippen LogP contribution in [0.3, 0.4) is 0 Å². The van der Waals surface area contributed by atoms with Crippen LogP contribution in [-0.2, 0) is 28.6 Å². The molecule has 0 amide bonds. The molecule has 0 saturated heterocycles. The van der Waals surface area contributed by atoms with E-state index in [1.165, 1.54) is 141 Å². The molecule has 0 fully saturated rings. The van der Waals surface area contributed by atoms with Gasteiger partial charge in [-0.3, -0.25) is 14.4 Å². The van der Waals surface area contributed by atoms with Crippen LogP contribution >= 0.6 is 0 Å². The first kappa shape index (κ1) is 53.4.